The summed E-state index contributed by atoms with van der Waals surface area (Å²) in [6.45, 7) is 3.89. The number of hydrogen-bond donors (Lipinski definition) is 3. The standard InChI is InChI=1S/C16H21NO4/c1-10-5-7-16(8-6-10,15(20)21)17-14(19)12-9-11(2)3-4-13(12)18/h3-4,9-10,18H,5-8H2,1-2H3,(H,17,19)(H,20,21). The number of rotatable bonds is 3. The minimum atomic E-state index is -1.22. The minimum absolute atomic E-state index is 0.120. The zero-order chi connectivity index (χ0) is 15.6. The van der Waals surface area contributed by atoms with Crippen LogP contribution in [0.5, 0.6) is 5.75 Å². The normalized spacial score (nSPS) is 25.3. The average molecular weight is 291 g/mol. The Morgan fingerprint density at radius 1 is 1.29 bits per heavy atom. The molecule has 0 heterocycles. The lowest BCUT2D eigenvalue weighted by molar-refractivity contribution is -0.146. The maximum Gasteiger partial charge on any atom is 0.329 e. The summed E-state index contributed by atoms with van der Waals surface area (Å²) in [5.74, 6) is -1.20. The van der Waals surface area contributed by atoms with Crippen LogP contribution in [0, 0.1) is 12.8 Å². The molecule has 0 saturated heterocycles. The third-order valence-corrected chi connectivity index (χ3v) is 4.29. The molecule has 0 unspecified atom stereocenters. The van der Waals surface area contributed by atoms with E-state index in [2.05, 4.69) is 12.2 Å². The lowest BCUT2D eigenvalue weighted by Gasteiger charge is -2.36. The van der Waals surface area contributed by atoms with Gasteiger partial charge in [-0.3, -0.25) is 4.79 Å². The highest BCUT2D eigenvalue weighted by atomic mass is 16.4. The smallest absolute Gasteiger partial charge is 0.329 e. The largest absolute Gasteiger partial charge is 0.507 e. The number of carbonyl (C=O) groups is 2. The topological polar surface area (TPSA) is 86.6 Å². The van der Waals surface area contributed by atoms with Gasteiger partial charge < -0.3 is 15.5 Å². The van der Waals surface area contributed by atoms with Crippen molar-refractivity contribution in [2.45, 2.75) is 45.1 Å². The molecule has 0 aliphatic heterocycles. The van der Waals surface area contributed by atoms with E-state index < -0.39 is 17.4 Å². The summed E-state index contributed by atoms with van der Waals surface area (Å²) in [4.78, 5) is 24.0. The number of aryl methyl sites for hydroxylation is 1. The maximum atomic E-state index is 12.3. The van der Waals surface area contributed by atoms with Crippen LogP contribution in [0.4, 0.5) is 0 Å². The molecule has 0 aromatic heterocycles. The van der Waals surface area contributed by atoms with Crippen LogP contribution in [0.1, 0.15) is 48.5 Å². The lowest BCUT2D eigenvalue weighted by atomic mass is 9.77. The number of nitrogens with one attached hydrogen (secondary N) is 1. The zero-order valence-electron chi connectivity index (χ0n) is 12.3. The first-order valence-corrected chi connectivity index (χ1v) is 7.19. The first kappa shape index (κ1) is 15.4. The van der Waals surface area contributed by atoms with Crippen molar-refractivity contribution in [3.8, 4) is 5.75 Å². The van der Waals surface area contributed by atoms with E-state index in [-0.39, 0.29) is 11.3 Å². The molecule has 1 amide bonds. The van der Waals surface area contributed by atoms with Crippen LogP contribution < -0.4 is 5.32 Å². The Morgan fingerprint density at radius 2 is 1.90 bits per heavy atom. The van der Waals surface area contributed by atoms with E-state index in [0.29, 0.717) is 18.8 Å². The van der Waals surface area contributed by atoms with Crippen LogP contribution >= 0.6 is 0 Å². The number of carboxylic acid groups (broad SMARTS) is 1. The van der Waals surface area contributed by atoms with Crippen molar-refractivity contribution in [1.29, 1.82) is 0 Å². The van der Waals surface area contributed by atoms with Crippen molar-refractivity contribution in [3.63, 3.8) is 0 Å². The zero-order valence-corrected chi connectivity index (χ0v) is 12.3. The molecule has 0 radical (unpaired) electrons. The van der Waals surface area contributed by atoms with Gasteiger partial charge >= 0.3 is 5.97 Å². The SMILES string of the molecule is Cc1ccc(O)c(C(=O)NC2(C(=O)O)CCC(C)CC2)c1. The fourth-order valence-electron chi connectivity index (χ4n) is 2.76. The fraction of sp³-hybridized carbons (Fsp3) is 0.500. The van der Waals surface area contributed by atoms with Gasteiger partial charge in [0, 0.05) is 0 Å². The summed E-state index contributed by atoms with van der Waals surface area (Å²) in [5, 5.41) is 21.9. The summed E-state index contributed by atoms with van der Waals surface area (Å²) in [7, 11) is 0. The molecule has 2 rings (SSSR count). The van der Waals surface area contributed by atoms with Crippen LogP contribution in [0.3, 0.4) is 0 Å². The Bertz CT molecular complexity index is 559. The van der Waals surface area contributed by atoms with E-state index in [4.69, 9.17) is 0 Å². The number of hydrogen-bond acceptors (Lipinski definition) is 3. The predicted octanol–water partition coefficient (Wildman–Crippen LogP) is 2.46. The van der Waals surface area contributed by atoms with Gasteiger partial charge in [-0.15, -0.1) is 0 Å². The molecular weight excluding hydrogens is 270 g/mol. The van der Waals surface area contributed by atoms with E-state index in [1.165, 1.54) is 6.07 Å². The molecule has 1 aromatic rings. The van der Waals surface area contributed by atoms with Gasteiger partial charge in [0.1, 0.15) is 11.3 Å². The van der Waals surface area contributed by atoms with Gasteiger partial charge in [-0.05, 0) is 50.7 Å². The van der Waals surface area contributed by atoms with Gasteiger partial charge in [0.25, 0.3) is 5.91 Å². The van der Waals surface area contributed by atoms with E-state index >= 15 is 0 Å². The number of aromatic hydroxyl groups is 1. The quantitative estimate of drug-likeness (QED) is 0.798. The summed E-state index contributed by atoms with van der Waals surface area (Å²) in [5.41, 5.74) is -0.270. The lowest BCUT2D eigenvalue weighted by Crippen LogP contribution is -2.56. The average Bonchev–Trinajstić information content (AvgIpc) is 2.44. The molecule has 1 fully saturated rings. The van der Waals surface area contributed by atoms with Gasteiger partial charge in [0.15, 0.2) is 0 Å². The molecule has 3 N–H and O–H groups in total. The third kappa shape index (κ3) is 3.17. The van der Waals surface area contributed by atoms with Crippen molar-refractivity contribution in [2.24, 2.45) is 5.92 Å². The Kier molecular flexibility index (Phi) is 4.21. The molecule has 114 valence electrons. The van der Waals surface area contributed by atoms with Crippen molar-refractivity contribution in [2.75, 3.05) is 0 Å². The highest BCUT2D eigenvalue weighted by Gasteiger charge is 2.42. The maximum absolute atomic E-state index is 12.3. The number of aliphatic carboxylic acids is 1. The first-order valence-electron chi connectivity index (χ1n) is 7.19. The third-order valence-electron chi connectivity index (χ3n) is 4.29. The fourth-order valence-corrected chi connectivity index (χ4v) is 2.76. The summed E-state index contributed by atoms with van der Waals surface area (Å²) < 4.78 is 0. The molecule has 1 aromatic carbocycles. The van der Waals surface area contributed by atoms with Gasteiger partial charge in [-0.25, -0.2) is 4.79 Å². The van der Waals surface area contributed by atoms with Gasteiger partial charge in [0.05, 0.1) is 5.56 Å². The molecule has 1 saturated carbocycles. The minimum Gasteiger partial charge on any atom is -0.507 e. The summed E-state index contributed by atoms with van der Waals surface area (Å²) >= 11 is 0. The molecule has 1 aliphatic carbocycles. The van der Waals surface area contributed by atoms with Crippen molar-refractivity contribution < 1.29 is 19.8 Å². The van der Waals surface area contributed by atoms with Crippen molar-refractivity contribution in [1.82, 2.24) is 5.32 Å². The van der Waals surface area contributed by atoms with Crippen LogP contribution in [0.2, 0.25) is 0 Å². The second kappa shape index (κ2) is 5.76. The first-order chi connectivity index (χ1) is 9.84. The second-order valence-corrected chi connectivity index (χ2v) is 6.04. The van der Waals surface area contributed by atoms with Crippen molar-refractivity contribution >= 4 is 11.9 Å². The van der Waals surface area contributed by atoms with E-state index in [1.807, 2.05) is 6.92 Å². The summed E-state index contributed by atoms with van der Waals surface area (Å²) in [6.07, 6.45) is 2.38. The molecule has 0 atom stereocenters. The van der Waals surface area contributed by atoms with Gasteiger partial charge in [-0.1, -0.05) is 18.6 Å². The Morgan fingerprint density at radius 3 is 2.48 bits per heavy atom. The molecule has 5 heteroatoms. The molecular formula is C16H21NO4. The number of phenols is 1. The number of carbonyl (C=O) groups excluding carboxylic acids is 1. The van der Waals surface area contributed by atoms with Gasteiger partial charge in [0.2, 0.25) is 0 Å². The van der Waals surface area contributed by atoms with Crippen LogP contribution in [0.25, 0.3) is 0 Å². The molecule has 5 nitrogen and oxygen atoms in total. The molecule has 0 spiro atoms. The van der Waals surface area contributed by atoms with Crippen LogP contribution in [-0.4, -0.2) is 27.6 Å². The van der Waals surface area contributed by atoms with Crippen LogP contribution in [0.15, 0.2) is 18.2 Å². The number of carboxylic acids is 1. The Balaban J connectivity index is 2.23. The number of benzene rings is 1. The molecule has 0 bridgehead atoms. The molecule has 21 heavy (non-hydrogen) atoms. The van der Waals surface area contributed by atoms with E-state index in [9.17, 15) is 19.8 Å². The van der Waals surface area contributed by atoms with E-state index in [0.717, 1.165) is 18.4 Å². The highest BCUT2D eigenvalue weighted by molar-refractivity contribution is 6.00. The Labute approximate surface area is 124 Å². The highest BCUT2D eigenvalue weighted by Crippen LogP contribution is 2.33. The monoisotopic (exact) mass is 291 g/mol. The van der Waals surface area contributed by atoms with Crippen LogP contribution in [-0.2, 0) is 4.79 Å². The number of phenolic OH excluding ortho intramolecular Hbond substituents is 1. The van der Waals surface area contributed by atoms with Gasteiger partial charge in [-0.2, -0.15) is 0 Å². The number of amides is 1. The Hall–Kier alpha value is -2.04. The predicted molar refractivity (Wildman–Crippen MR) is 78.3 cm³/mol. The van der Waals surface area contributed by atoms with E-state index in [1.54, 1.807) is 12.1 Å². The second-order valence-electron chi connectivity index (χ2n) is 6.04. The summed E-state index contributed by atoms with van der Waals surface area (Å²) in [6, 6.07) is 4.70. The van der Waals surface area contributed by atoms with Crippen molar-refractivity contribution in [3.05, 3.63) is 29.3 Å². The molecule has 1 aliphatic rings.